The van der Waals surface area contributed by atoms with E-state index in [1.54, 1.807) is 0 Å². The molecule has 2 N–H and O–H groups in total. The fraction of sp³-hybridized carbons (Fsp3) is 0.389. The molecule has 1 aliphatic rings. The van der Waals surface area contributed by atoms with Gasteiger partial charge in [-0.1, -0.05) is 42.7 Å². The number of nitrogens with zero attached hydrogens (tertiary/aromatic N) is 2. The minimum absolute atomic E-state index is 0.442. The zero-order valence-corrected chi connectivity index (χ0v) is 12.5. The quantitative estimate of drug-likeness (QED) is 0.924. The first kappa shape index (κ1) is 13.8. The van der Waals surface area contributed by atoms with Crippen molar-refractivity contribution in [2.75, 3.05) is 5.73 Å². The van der Waals surface area contributed by atoms with Gasteiger partial charge in [-0.25, -0.2) is 0 Å². The number of nitrogen functional groups attached to an aromatic ring is 1. The topological polar surface area (TPSA) is 54.7 Å². The first-order valence-electron chi connectivity index (χ1n) is 7.64. The molecule has 1 saturated carbocycles. The lowest BCUT2D eigenvalue weighted by Crippen LogP contribution is -2.12. The molecule has 1 aliphatic carbocycles. The molecule has 3 heteroatoms. The van der Waals surface area contributed by atoms with Crippen LogP contribution in [0.2, 0.25) is 0 Å². The van der Waals surface area contributed by atoms with E-state index < -0.39 is 0 Å². The van der Waals surface area contributed by atoms with E-state index >= 15 is 0 Å². The zero-order chi connectivity index (χ0) is 14.8. The summed E-state index contributed by atoms with van der Waals surface area (Å²) in [6.45, 7) is 2.09. The summed E-state index contributed by atoms with van der Waals surface area (Å²) in [5, 5.41) is 9.39. The summed E-state index contributed by atoms with van der Waals surface area (Å²) >= 11 is 0. The second-order valence-electron chi connectivity index (χ2n) is 6.01. The molecule has 21 heavy (non-hydrogen) atoms. The Balaban J connectivity index is 1.98. The molecule has 0 spiro atoms. The molecule has 1 aromatic heterocycles. The average molecular weight is 279 g/mol. The summed E-state index contributed by atoms with van der Waals surface area (Å²) in [5.41, 5.74) is 11.3. The first-order valence-corrected chi connectivity index (χ1v) is 7.64. The highest BCUT2D eigenvalue weighted by molar-refractivity contribution is 5.52. The Morgan fingerprint density at radius 3 is 2.52 bits per heavy atom. The van der Waals surface area contributed by atoms with Crippen LogP contribution in [0.15, 0.2) is 30.3 Å². The SMILES string of the molecule is Cc1ccc(Cc2c(N)cc(C#N)n2C2CCCC2)cc1. The molecule has 108 valence electrons. The molecular weight excluding hydrogens is 258 g/mol. The largest absolute Gasteiger partial charge is 0.397 e. The number of hydrogen-bond acceptors (Lipinski definition) is 2. The number of nitrogens with two attached hydrogens (primary N) is 1. The molecular formula is C18H21N3. The smallest absolute Gasteiger partial charge is 0.122 e. The van der Waals surface area contributed by atoms with E-state index in [1.807, 2.05) is 6.07 Å². The molecule has 0 bridgehead atoms. The van der Waals surface area contributed by atoms with Crippen molar-refractivity contribution >= 4 is 5.69 Å². The Labute approximate surface area is 126 Å². The van der Waals surface area contributed by atoms with Crippen molar-refractivity contribution in [3.63, 3.8) is 0 Å². The van der Waals surface area contributed by atoms with Crippen molar-refractivity contribution < 1.29 is 0 Å². The van der Waals surface area contributed by atoms with Gasteiger partial charge in [0.2, 0.25) is 0 Å². The average Bonchev–Trinajstić information content (AvgIpc) is 3.10. The fourth-order valence-corrected chi connectivity index (χ4v) is 3.34. The second kappa shape index (κ2) is 5.65. The van der Waals surface area contributed by atoms with Crippen LogP contribution in [0.3, 0.4) is 0 Å². The number of rotatable bonds is 3. The fourth-order valence-electron chi connectivity index (χ4n) is 3.34. The number of aryl methyl sites for hydroxylation is 1. The molecule has 3 rings (SSSR count). The molecule has 0 radical (unpaired) electrons. The standard InChI is InChI=1S/C18H21N3/c1-13-6-8-14(9-7-13)10-18-17(20)11-16(12-19)21(18)15-4-2-3-5-15/h6-9,11,15H,2-5,10,20H2,1H3. The molecule has 2 aromatic rings. The third kappa shape index (κ3) is 2.67. The summed E-state index contributed by atoms with van der Waals surface area (Å²) in [5.74, 6) is 0. The summed E-state index contributed by atoms with van der Waals surface area (Å²) in [6.07, 6.45) is 5.60. The monoisotopic (exact) mass is 279 g/mol. The van der Waals surface area contributed by atoms with Crippen molar-refractivity contribution in [3.05, 3.63) is 52.8 Å². The zero-order valence-electron chi connectivity index (χ0n) is 12.5. The Bertz CT molecular complexity index is 668. The number of benzene rings is 1. The Kier molecular flexibility index (Phi) is 3.70. The van der Waals surface area contributed by atoms with Crippen molar-refractivity contribution in [1.29, 1.82) is 5.26 Å². The van der Waals surface area contributed by atoms with Crippen LogP contribution in [0.4, 0.5) is 5.69 Å². The number of aromatic nitrogens is 1. The predicted octanol–water partition coefficient (Wildman–Crippen LogP) is 3.96. The van der Waals surface area contributed by atoms with Crippen LogP contribution in [0.25, 0.3) is 0 Å². The van der Waals surface area contributed by atoms with E-state index in [-0.39, 0.29) is 0 Å². The van der Waals surface area contributed by atoms with E-state index in [0.717, 1.165) is 30.6 Å². The predicted molar refractivity (Wildman–Crippen MR) is 85.0 cm³/mol. The summed E-state index contributed by atoms with van der Waals surface area (Å²) in [7, 11) is 0. The third-order valence-electron chi connectivity index (χ3n) is 4.47. The lowest BCUT2D eigenvalue weighted by atomic mass is 10.1. The van der Waals surface area contributed by atoms with Gasteiger partial charge in [0, 0.05) is 18.2 Å². The van der Waals surface area contributed by atoms with Gasteiger partial charge in [-0.3, -0.25) is 0 Å². The molecule has 0 unspecified atom stereocenters. The van der Waals surface area contributed by atoms with Gasteiger partial charge in [0.1, 0.15) is 11.8 Å². The Morgan fingerprint density at radius 1 is 1.24 bits per heavy atom. The van der Waals surface area contributed by atoms with E-state index in [1.165, 1.54) is 24.0 Å². The molecule has 0 atom stereocenters. The van der Waals surface area contributed by atoms with Crippen LogP contribution in [0.5, 0.6) is 0 Å². The minimum Gasteiger partial charge on any atom is -0.397 e. The van der Waals surface area contributed by atoms with E-state index in [4.69, 9.17) is 5.73 Å². The maximum absolute atomic E-state index is 9.39. The van der Waals surface area contributed by atoms with Crippen LogP contribution in [0, 0.1) is 18.3 Å². The van der Waals surface area contributed by atoms with E-state index in [9.17, 15) is 5.26 Å². The van der Waals surface area contributed by atoms with Crippen LogP contribution in [0.1, 0.15) is 54.2 Å². The molecule has 1 aromatic carbocycles. The van der Waals surface area contributed by atoms with Gasteiger partial charge >= 0.3 is 0 Å². The van der Waals surface area contributed by atoms with Gasteiger partial charge in [-0.05, 0) is 31.4 Å². The van der Waals surface area contributed by atoms with Crippen molar-refractivity contribution in [2.24, 2.45) is 0 Å². The second-order valence-corrected chi connectivity index (χ2v) is 6.01. The van der Waals surface area contributed by atoms with Crippen molar-refractivity contribution in [1.82, 2.24) is 4.57 Å². The van der Waals surface area contributed by atoms with Gasteiger partial charge in [-0.2, -0.15) is 5.26 Å². The molecule has 0 saturated heterocycles. The van der Waals surface area contributed by atoms with Crippen molar-refractivity contribution in [2.45, 2.75) is 45.1 Å². The van der Waals surface area contributed by atoms with E-state index in [2.05, 4.69) is 41.8 Å². The number of anilines is 1. The van der Waals surface area contributed by atoms with Crippen LogP contribution < -0.4 is 5.73 Å². The molecule has 0 amide bonds. The lowest BCUT2D eigenvalue weighted by molar-refractivity contribution is 0.502. The summed E-state index contributed by atoms with van der Waals surface area (Å²) < 4.78 is 2.20. The lowest BCUT2D eigenvalue weighted by Gasteiger charge is -2.18. The Hall–Kier alpha value is -2.21. The highest BCUT2D eigenvalue weighted by Gasteiger charge is 2.23. The third-order valence-corrected chi connectivity index (χ3v) is 4.47. The van der Waals surface area contributed by atoms with E-state index in [0.29, 0.717) is 11.7 Å². The molecule has 0 aliphatic heterocycles. The highest BCUT2D eigenvalue weighted by atomic mass is 15.0. The van der Waals surface area contributed by atoms with Gasteiger partial charge in [0.15, 0.2) is 0 Å². The number of nitriles is 1. The van der Waals surface area contributed by atoms with Gasteiger partial charge < -0.3 is 10.3 Å². The van der Waals surface area contributed by atoms with Crippen LogP contribution >= 0.6 is 0 Å². The minimum atomic E-state index is 0.442. The van der Waals surface area contributed by atoms with Gasteiger partial charge in [0.05, 0.1) is 5.69 Å². The molecule has 1 fully saturated rings. The maximum atomic E-state index is 9.39. The van der Waals surface area contributed by atoms with Crippen LogP contribution in [-0.4, -0.2) is 4.57 Å². The number of hydrogen-bond donors (Lipinski definition) is 1. The first-order chi connectivity index (χ1) is 10.2. The molecule has 3 nitrogen and oxygen atoms in total. The van der Waals surface area contributed by atoms with Crippen molar-refractivity contribution in [3.8, 4) is 6.07 Å². The Morgan fingerprint density at radius 2 is 1.90 bits per heavy atom. The van der Waals surface area contributed by atoms with Crippen LogP contribution in [-0.2, 0) is 6.42 Å². The molecule has 1 heterocycles. The van der Waals surface area contributed by atoms with Gasteiger partial charge in [0.25, 0.3) is 0 Å². The normalized spacial score (nSPS) is 15.2. The summed E-state index contributed by atoms with van der Waals surface area (Å²) in [4.78, 5) is 0. The van der Waals surface area contributed by atoms with Gasteiger partial charge in [-0.15, -0.1) is 0 Å². The highest BCUT2D eigenvalue weighted by Crippen LogP contribution is 2.35. The maximum Gasteiger partial charge on any atom is 0.122 e. The summed E-state index contributed by atoms with van der Waals surface area (Å²) in [6, 6.07) is 13.1.